The molecule has 0 radical (unpaired) electrons. The number of aromatic amines is 2. The first-order valence-corrected chi connectivity index (χ1v) is 9.14. The van der Waals surface area contributed by atoms with Crippen LogP contribution < -0.4 is 16.6 Å². The molecule has 0 unspecified atom stereocenters. The predicted octanol–water partition coefficient (Wildman–Crippen LogP) is 2.21. The zero-order valence-electron chi connectivity index (χ0n) is 14.1. The van der Waals surface area contributed by atoms with Gasteiger partial charge in [0.05, 0.1) is 11.4 Å². The molecule has 0 saturated carbocycles. The van der Waals surface area contributed by atoms with Gasteiger partial charge in [0.2, 0.25) is 5.91 Å². The van der Waals surface area contributed by atoms with Crippen molar-refractivity contribution in [2.45, 2.75) is 11.9 Å². The van der Waals surface area contributed by atoms with E-state index in [1.165, 1.54) is 18.7 Å². The normalized spacial score (nSPS) is 10.6. The molecule has 0 bridgehead atoms. The van der Waals surface area contributed by atoms with Crippen LogP contribution >= 0.6 is 23.4 Å². The summed E-state index contributed by atoms with van der Waals surface area (Å²) in [5.41, 5.74) is 0.603. The van der Waals surface area contributed by atoms with E-state index in [9.17, 15) is 14.4 Å². The fraction of sp³-hybridized carbons (Fsp3) is 0.118. The summed E-state index contributed by atoms with van der Waals surface area (Å²) in [5.74, 6) is -0.364. The first-order chi connectivity index (χ1) is 12.9. The number of hydrogen-bond acceptors (Lipinski definition) is 6. The highest BCUT2D eigenvalue weighted by Crippen LogP contribution is 2.21. The molecule has 3 aromatic rings. The van der Waals surface area contributed by atoms with Crippen LogP contribution in [-0.4, -0.2) is 31.8 Å². The van der Waals surface area contributed by atoms with Crippen LogP contribution in [-0.2, 0) is 4.79 Å². The van der Waals surface area contributed by atoms with E-state index in [2.05, 4.69) is 25.5 Å². The Morgan fingerprint density at radius 2 is 1.85 bits per heavy atom. The lowest BCUT2D eigenvalue weighted by atomic mass is 10.1. The van der Waals surface area contributed by atoms with Crippen LogP contribution in [0.3, 0.4) is 0 Å². The van der Waals surface area contributed by atoms with Gasteiger partial charge in [-0.1, -0.05) is 35.5 Å². The van der Waals surface area contributed by atoms with Crippen molar-refractivity contribution < 1.29 is 4.79 Å². The molecule has 0 aliphatic heterocycles. The molecule has 2 aromatic heterocycles. The molecule has 1 amide bonds. The minimum absolute atomic E-state index is 0.0179. The second-order valence-electron chi connectivity index (χ2n) is 5.51. The molecule has 0 aliphatic rings. The highest BCUT2D eigenvalue weighted by atomic mass is 35.5. The number of hydrogen-bond donors (Lipinski definition) is 3. The van der Waals surface area contributed by atoms with E-state index in [0.717, 1.165) is 5.56 Å². The number of carbonyl (C=O) groups is 1. The Morgan fingerprint density at radius 1 is 1.11 bits per heavy atom. The van der Waals surface area contributed by atoms with Crippen LogP contribution in [0.15, 0.2) is 51.0 Å². The van der Waals surface area contributed by atoms with Crippen molar-refractivity contribution in [1.82, 2.24) is 20.2 Å². The Morgan fingerprint density at radius 3 is 2.48 bits per heavy atom. The first kappa shape index (κ1) is 18.9. The maximum Gasteiger partial charge on any atom is 0.326 e. The number of rotatable bonds is 5. The number of aryl methyl sites for hydroxylation is 1. The van der Waals surface area contributed by atoms with Gasteiger partial charge in [0, 0.05) is 16.3 Å². The average molecular weight is 404 g/mol. The number of nitrogens with zero attached hydrogens (tertiary/aromatic N) is 2. The summed E-state index contributed by atoms with van der Waals surface area (Å²) in [6.45, 7) is 1.53. The summed E-state index contributed by atoms with van der Waals surface area (Å²) in [6, 6.07) is 10.8. The van der Waals surface area contributed by atoms with Crippen molar-refractivity contribution in [2.75, 3.05) is 11.1 Å². The second-order valence-corrected chi connectivity index (χ2v) is 6.94. The van der Waals surface area contributed by atoms with Crippen molar-refractivity contribution in [2.24, 2.45) is 0 Å². The smallest absolute Gasteiger partial charge is 0.319 e. The molecule has 138 valence electrons. The van der Waals surface area contributed by atoms with Crippen molar-refractivity contribution in [3.8, 4) is 11.3 Å². The zero-order valence-corrected chi connectivity index (χ0v) is 15.6. The average Bonchev–Trinajstić information content (AvgIpc) is 2.64. The zero-order chi connectivity index (χ0) is 19.4. The van der Waals surface area contributed by atoms with Crippen LogP contribution in [0.2, 0.25) is 5.02 Å². The maximum atomic E-state index is 12.1. The maximum absolute atomic E-state index is 12.1. The van der Waals surface area contributed by atoms with Gasteiger partial charge in [-0.2, -0.15) is 0 Å². The van der Waals surface area contributed by atoms with Gasteiger partial charge in [0.25, 0.3) is 5.56 Å². The molecule has 0 spiro atoms. The molecule has 3 N–H and O–H groups in total. The summed E-state index contributed by atoms with van der Waals surface area (Å²) < 4.78 is 0. The van der Waals surface area contributed by atoms with E-state index >= 15 is 0 Å². The Hall–Kier alpha value is -2.91. The fourth-order valence-electron chi connectivity index (χ4n) is 2.24. The number of carbonyl (C=O) groups excluding carboxylic acids is 1. The van der Waals surface area contributed by atoms with E-state index in [1.54, 1.807) is 24.3 Å². The summed E-state index contributed by atoms with van der Waals surface area (Å²) >= 11 is 7.04. The third kappa shape index (κ3) is 4.83. The van der Waals surface area contributed by atoms with Crippen LogP contribution in [0.5, 0.6) is 0 Å². The van der Waals surface area contributed by atoms with Gasteiger partial charge in [-0.15, -0.1) is 10.2 Å². The second kappa shape index (κ2) is 8.19. The summed E-state index contributed by atoms with van der Waals surface area (Å²) in [5, 5.41) is 11.9. The van der Waals surface area contributed by atoms with E-state index in [-0.39, 0.29) is 17.1 Å². The topological polar surface area (TPSA) is 121 Å². The van der Waals surface area contributed by atoms with Crippen molar-refractivity contribution in [1.29, 1.82) is 0 Å². The lowest BCUT2D eigenvalue weighted by Gasteiger charge is -2.06. The van der Waals surface area contributed by atoms with Crippen LogP contribution in [0.25, 0.3) is 11.3 Å². The molecular weight excluding hydrogens is 390 g/mol. The number of aromatic nitrogens is 4. The fourth-order valence-corrected chi connectivity index (χ4v) is 2.98. The monoisotopic (exact) mass is 403 g/mol. The Kier molecular flexibility index (Phi) is 5.72. The molecule has 27 heavy (non-hydrogen) atoms. The van der Waals surface area contributed by atoms with Gasteiger partial charge in [-0.25, -0.2) is 4.79 Å². The standard InChI is InChI=1S/C17H14ClN5O3S/c1-9-15(16(25)21-17(26)19-9)20-13(24)8-27-14-7-6-12(22-23-14)10-2-4-11(18)5-3-10/h2-7H,8H2,1H3,(H,20,24)(H2,19,21,25,26). The van der Waals surface area contributed by atoms with Crippen LogP contribution in [0, 0.1) is 6.92 Å². The van der Waals surface area contributed by atoms with Gasteiger partial charge in [0.1, 0.15) is 10.7 Å². The lowest BCUT2D eigenvalue weighted by molar-refractivity contribution is -0.113. The molecule has 2 heterocycles. The minimum atomic E-state index is -0.651. The molecular formula is C17H14ClN5O3S. The third-order valence-electron chi connectivity index (χ3n) is 3.53. The van der Waals surface area contributed by atoms with E-state index in [4.69, 9.17) is 11.6 Å². The third-order valence-corrected chi connectivity index (χ3v) is 4.70. The molecule has 8 nitrogen and oxygen atoms in total. The van der Waals surface area contributed by atoms with Gasteiger partial charge in [0.15, 0.2) is 0 Å². The Balaban J connectivity index is 1.61. The SMILES string of the molecule is Cc1[nH]c(=O)[nH]c(=O)c1NC(=O)CSc1ccc(-c2ccc(Cl)cc2)nn1. The quantitative estimate of drug-likeness (QED) is 0.561. The number of anilines is 1. The Bertz CT molecular complexity index is 1080. The highest BCUT2D eigenvalue weighted by molar-refractivity contribution is 7.99. The van der Waals surface area contributed by atoms with Crippen LogP contribution in [0.1, 0.15) is 5.69 Å². The first-order valence-electron chi connectivity index (χ1n) is 7.78. The van der Waals surface area contributed by atoms with Gasteiger partial charge < -0.3 is 10.3 Å². The molecule has 0 fully saturated rings. The summed E-state index contributed by atoms with van der Waals surface area (Å²) in [6.07, 6.45) is 0. The number of halogens is 1. The lowest BCUT2D eigenvalue weighted by Crippen LogP contribution is -2.29. The van der Waals surface area contributed by atoms with Gasteiger partial charge in [-0.3, -0.25) is 14.6 Å². The number of H-pyrrole nitrogens is 2. The molecule has 0 saturated heterocycles. The molecule has 1 aromatic carbocycles. The largest absolute Gasteiger partial charge is 0.326 e. The van der Waals surface area contributed by atoms with Gasteiger partial charge in [-0.05, 0) is 31.2 Å². The molecule has 10 heteroatoms. The highest BCUT2D eigenvalue weighted by Gasteiger charge is 2.11. The summed E-state index contributed by atoms with van der Waals surface area (Å²) in [4.78, 5) is 39.4. The Labute approximate surface area is 162 Å². The number of thioether (sulfide) groups is 1. The molecule has 0 atom stereocenters. The predicted molar refractivity (Wildman–Crippen MR) is 104 cm³/mol. The molecule has 0 aliphatic carbocycles. The summed E-state index contributed by atoms with van der Waals surface area (Å²) in [7, 11) is 0. The number of benzene rings is 1. The minimum Gasteiger partial charge on any atom is -0.319 e. The number of nitrogens with one attached hydrogen (secondary N) is 3. The van der Waals surface area contributed by atoms with E-state index in [1.807, 2.05) is 12.1 Å². The van der Waals surface area contributed by atoms with E-state index < -0.39 is 17.2 Å². The van der Waals surface area contributed by atoms with Gasteiger partial charge >= 0.3 is 5.69 Å². The number of amides is 1. The van der Waals surface area contributed by atoms with E-state index in [0.29, 0.717) is 15.7 Å². The van der Waals surface area contributed by atoms with Crippen molar-refractivity contribution in [3.63, 3.8) is 0 Å². The van der Waals surface area contributed by atoms with Crippen molar-refractivity contribution >= 4 is 35.0 Å². The van der Waals surface area contributed by atoms with Crippen molar-refractivity contribution in [3.05, 3.63) is 68.0 Å². The van der Waals surface area contributed by atoms with Crippen LogP contribution in [0.4, 0.5) is 5.69 Å². The molecule has 3 rings (SSSR count).